The maximum atomic E-state index is 12.1. The maximum absolute atomic E-state index is 12.1. The van der Waals surface area contributed by atoms with Crippen LogP contribution in [0.3, 0.4) is 0 Å². The molecule has 0 saturated carbocycles. The lowest BCUT2D eigenvalue weighted by Crippen LogP contribution is -2.43. The molecule has 1 saturated heterocycles. The molecule has 0 aromatic heterocycles. The highest BCUT2D eigenvalue weighted by molar-refractivity contribution is 5.79. The minimum absolute atomic E-state index is 0.228. The Balaban J connectivity index is 1.95. The van der Waals surface area contributed by atoms with Gasteiger partial charge in [-0.3, -0.25) is 4.79 Å². The number of carbonyl (C=O) groups is 1. The summed E-state index contributed by atoms with van der Waals surface area (Å²) in [5.41, 5.74) is 8.16. The van der Waals surface area contributed by atoms with Crippen molar-refractivity contribution in [3.05, 3.63) is 35.4 Å². The van der Waals surface area contributed by atoms with Crippen molar-refractivity contribution in [2.45, 2.75) is 32.2 Å². The number of hydrogen-bond acceptors (Lipinski definition) is 2. The van der Waals surface area contributed by atoms with Crippen LogP contribution < -0.4 is 5.73 Å². The van der Waals surface area contributed by atoms with Crippen molar-refractivity contribution in [1.29, 1.82) is 0 Å². The molecule has 2 rings (SSSR count). The van der Waals surface area contributed by atoms with Crippen LogP contribution in [0.5, 0.6) is 0 Å². The van der Waals surface area contributed by atoms with Crippen LogP contribution in [0.2, 0.25) is 0 Å². The second-order valence-electron chi connectivity index (χ2n) is 4.82. The van der Waals surface area contributed by atoms with E-state index in [2.05, 4.69) is 13.0 Å². The zero-order valence-corrected chi connectivity index (χ0v) is 10.4. The van der Waals surface area contributed by atoms with E-state index < -0.39 is 0 Å². The molecule has 1 fully saturated rings. The standard InChI is InChI=1S/C14H20N2O/c1-11-4-2-3-5-12(11)10-14(17)16-8-6-13(15)7-9-16/h2-5,13H,6-10,15H2,1H3. The molecule has 0 spiro atoms. The van der Waals surface area contributed by atoms with Crippen molar-refractivity contribution >= 4 is 5.91 Å². The molecule has 0 bridgehead atoms. The van der Waals surface area contributed by atoms with Crippen molar-refractivity contribution in [2.75, 3.05) is 13.1 Å². The first-order chi connectivity index (χ1) is 8.16. The number of amides is 1. The fourth-order valence-corrected chi connectivity index (χ4v) is 2.23. The predicted octanol–water partition coefficient (Wildman–Crippen LogP) is 1.49. The predicted molar refractivity (Wildman–Crippen MR) is 68.7 cm³/mol. The molecule has 17 heavy (non-hydrogen) atoms. The number of carbonyl (C=O) groups excluding carboxylic acids is 1. The van der Waals surface area contributed by atoms with Crippen LogP contribution in [0.4, 0.5) is 0 Å². The summed E-state index contributed by atoms with van der Waals surface area (Å²) in [5, 5.41) is 0. The lowest BCUT2D eigenvalue weighted by atomic mass is 10.0. The topological polar surface area (TPSA) is 46.3 Å². The molecule has 1 aromatic rings. The summed E-state index contributed by atoms with van der Waals surface area (Å²) in [6.07, 6.45) is 2.38. The number of nitrogens with two attached hydrogens (primary N) is 1. The van der Waals surface area contributed by atoms with Gasteiger partial charge in [0.25, 0.3) is 0 Å². The summed E-state index contributed by atoms with van der Waals surface area (Å²) < 4.78 is 0. The first-order valence-corrected chi connectivity index (χ1v) is 6.24. The van der Waals surface area contributed by atoms with Crippen molar-refractivity contribution in [3.8, 4) is 0 Å². The molecule has 3 nitrogen and oxygen atoms in total. The third kappa shape index (κ3) is 3.07. The fourth-order valence-electron chi connectivity index (χ4n) is 2.23. The molecule has 1 aliphatic heterocycles. The molecule has 92 valence electrons. The number of hydrogen-bond donors (Lipinski definition) is 1. The van der Waals surface area contributed by atoms with Gasteiger partial charge in [-0.25, -0.2) is 0 Å². The molecular weight excluding hydrogens is 212 g/mol. The second kappa shape index (κ2) is 5.32. The van der Waals surface area contributed by atoms with Crippen LogP contribution in [0.15, 0.2) is 24.3 Å². The van der Waals surface area contributed by atoms with E-state index in [0.29, 0.717) is 6.42 Å². The van der Waals surface area contributed by atoms with Crippen LogP contribution in [-0.4, -0.2) is 29.9 Å². The highest BCUT2D eigenvalue weighted by Gasteiger charge is 2.20. The Hall–Kier alpha value is -1.35. The number of rotatable bonds is 2. The van der Waals surface area contributed by atoms with Crippen molar-refractivity contribution in [2.24, 2.45) is 5.73 Å². The van der Waals surface area contributed by atoms with Gasteiger partial charge in [0.05, 0.1) is 6.42 Å². The zero-order valence-electron chi connectivity index (χ0n) is 10.4. The van der Waals surface area contributed by atoms with Crippen molar-refractivity contribution in [1.82, 2.24) is 4.90 Å². The summed E-state index contributed by atoms with van der Waals surface area (Å²) in [6.45, 7) is 3.67. The lowest BCUT2D eigenvalue weighted by molar-refractivity contribution is -0.131. The highest BCUT2D eigenvalue weighted by atomic mass is 16.2. The van der Waals surface area contributed by atoms with Crippen molar-refractivity contribution in [3.63, 3.8) is 0 Å². The summed E-state index contributed by atoms with van der Waals surface area (Å²) in [6, 6.07) is 8.35. The van der Waals surface area contributed by atoms with E-state index in [1.54, 1.807) is 0 Å². The number of benzene rings is 1. The van der Waals surface area contributed by atoms with Crippen molar-refractivity contribution < 1.29 is 4.79 Å². The van der Waals surface area contributed by atoms with Crippen LogP contribution in [0.25, 0.3) is 0 Å². The average molecular weight is 232 g/mol. The Labute approximate surface area is 103 Å². The van der Waals surface area contributed by atoms with Crippen LogP contribution >= 0.6 is 0 Å². The molecule has 2 N–H and O–H groups in total. The maximum Gasteiger partial charge on any atom is 0.227 e. The normalized spacial score (nSPS) is 17.2. The van der Waals surface area contributed by atoms with Gasteiger partial charge in [-0.2, -0.15) is 0 Å². The summed E-state index contributed by atoms with van der Waals surface area (Å²) in [7, 11) is 0. The molecule has 1 amide bonds. The third-order valence-electron chi connectivity index (χ3n) is 3.50. The van der Waals surface area contributed by atoms with E-state index in [9.17, 15) is 4.79 Å². The molecule has 0 aliphatic carbocycles. The number of piperidine rings is 1. The van der Waals surface area contributed by atoms with E-state index in [1.165, 1.54) is 5.56 Å². The van der Waals surface area contributed by atoms with Gasteiger partial charge in [0.15, 0.2) is 0 Å². The van der Waals surface area contributed by atoms with Gasteiger partial charge < -0.3 is 10.6 Å². The minimum atomic E-state index is 0.228. The van der Waals surface area contributed by atoms with E-state index in [0.717, 1.165) is 31.5 Å². The molecule has 0 unspecified atom stereocenters. The molecule has 1 aliphatic rings. The SMILES string of the molecule is Cc1ccccc1CC(=O)N1CCC(N)CC1. The number of nitrogens with zero attached hydrogens (tertiary/aromatic N) is 1. The van der Waals surface area contributed by atoms with Crippen LogP contribution in [-0.2, 0) is 11.2 Å². The van der Waals surface area contributed by atoms with Crippen LogP contribution in [0.1, 0.15) is 24.0 Å². The highest BCUT2D eigenvalue weighted by Crippen LogP contribution is 2.13. The Morgan fingerprint density at radius 1 is 1.35 bits per heavy atom. The quantitative estimate of drug-likeness (QED) is 0.839. The Bertz CT molecular complexity index is 395. The third-order valence-corrected chi connectivity index (χ3v) is 3.50. The smallest absolute Gasteiger partial charge is 0.227 e. The van der Waals surface area contributed by atoms with Gasteiger partial charge in [0.1, 0.15) is 0 Å². The monoisotopic (exact) mass is 232 g/mol. The minimum Gasteiger partial charge on any atom is -0.342 e. The summed E-state index contributed by atoms with van der Waals surface area (Å²) in [5.74, 6) is 0.228. The molecule has 1 aromatic carbocycles. The van der Waals surface area contributed by atoms with Gasteiger partial charge in [-0.15, -0.1) is 0 Å². The first-order valence-electron chi connectivity index (χ1n) is 6.24. The number of aryl methyl sites for hydroxylation is 1. The molecule has 0 atom stereocenters. The van der Waals surface area contributed by atoms with Gasteiger partial charge in [0, 0.05) is 19.1 Å². The average Bonchev–Trinajstić information content (AvgIpc) is 2.33. The van der Waals surface area contributed by atoms with Gasteiger partial charge in [0.2, 0.25) is 5.91 Å². The van der Waals surface area contributed by atoms with E-state index >= 15 is 0 Å². The fraction of sp³-hybridized carbons (Fsp3) is 0.500. The second-order valence-corrected chi connectivity index (χ2v) is 4.82. The Morgan fingerprint density at radius 2 is 2.00 bits per heavy atom. The largest absolute Gasteiger partial charge is 0.342 e. The van der Waals surface area contributed by atoms with Gasteiger partial charge in [-0.05, 0) is 30.9 Å². The Morgan fingerprint density at radius 3 is 2.65 bits per heavy atom. The van der Waals surface area contributed by atoms with E-state index in [4.69, 9.17) is 5.73 Å². The van der Waals surface area contributed by atoms with Gasteiger partial charge in [-0.1, -0.05) is 24.3 Å². The first kappa shape index (κ1) is 12.1. The van der Waals surface area contributed by atoms with E-state index in [-0.39, 0.29) is 11.9 Å². The number of likely N-dealkylation sites (tertiary alicyclic amines) is 1. The van der Waals surface area contributed by atoms with E-state index in [1.807, 2.05) is 23.1 Å². The lowest BCUT2D eigenvalue weighted by Gasteiger charge is -2.30. The van der Waals surface area contributed by atoms with Crippen LogP contribution in [0, 0.1) is 6.92 Å². The Kier molecular flexibility index (Phi) is 3.79. The van der Waals surface area contributed by atoms with Gasteiger partial charge >= 0.3 is 0 Å². The molecule has 0 radical (unpaired) electrons. The molecular formula is C14H20N2O. The summed E-state index contributed by atoms with van der Waals surface area (Å²) in [4.78, 5) is 14.1. The zero-order chi connectivity index (χ0) is 12.3. The summed E-state index contributed by atoms with van der Waals surface area (Å²) >= 11 is 0. The molecule has 3 heteroatoms. The molecule has 1 heterocycles.